The summed E-state index contributed by atoms with van der Waals surface area (Å²) in [7, 11) is 6.37. The molecule has 1 aromatic carbocycles. The van der Waals surface area contributed by atoms with Crippen LogP contribution in [0.2, 0.25) is 0 Å². The average Bonchev–Trinajstić information content (AvgIpc) is 2.86. The van der Waals surface area contributed by atoms with Gasteiger partial charge in [0, 0.05) is 7.05 Å². The fraction of sp³-hybridized carbons (Fsp3) is 0.357. The van der Waals surface area contributed by atoms with Crippen LogP contribution in [0.4, 0.5) is 0 Å². The van der Waals surface area contributed by atoms with Gasteiger partial charge in [0.1, 0.15) is 23.3 Å². The highest BCUT2D eigenvalue weighted by Crippen LogP contribution is 2.39. The normalized spacial score (nSPS) is 12.1. The second-order valence-electron chi connectivity index (χ2n) is 4.20. The van der Waals surface area contributed by atoms with E-state index in [9.17, 15) is 5.11 Å². The Labute approximate surface area is 117 Å². The predicted octanol–water partition coefficient (Wildman–Crippen LogP) is 1.53. The Hall–Kier alpha value is -2.21. The van der Waals surface area contributed by atoms with Crippen molar-refractivity contribution in [3.05, 3.63) is 35.7 Å². The summed E-state index contributed by atoms with van der Waals surface area (Å²) in [4.78, 5) is 0. The van der Waals surface area contributed by atoms with Crippen LogP contribution in [0, 0.1) is 0 Å². The Morgan fingerprint density at radius 1 is 1.05 bits per heavy atom. The molecule has 0 bridgehead atoms. The van der Waals surface area contributed by atoms with Gasteiger partial charge in [-0.25, -0.2) is 0 Å². The lowest BCUT2D eigenvalue weighted by molar-refractivity contribution is 0.194. The van der Waals surface area contributed by atoms with Gasteiger partial charge in [-0.15, -0.1) is 0 Å². The molecule has 0 spiro atoms. The number of methoxy groups -OCH3 is 3. The number of aromatic nitrogens is 2. The molecule has 1 N–H and O–H groups in total. The maximum absolute atomic E-state index is 10.7. The zero-order chi connectivity index (χ0) is 14.7. The van der Waals surface area contributed by atoms with Crippen molar-refractivity contribution in [3.63, 3.8) is 0 Å². The van der Waals surface area contributed by atoms with Crippen molar-refractivity contribution in [2.24, 2.45) is 7.05 Å². The Balaban J connectivity index is 2.58. The molecule has 0 aliphatic carbocycles. The molecule has 0 aliphatic heterocycles. The van der Waals surface area contributed by atoms with Crippen LogP contribution in [-0.2, 0) is 7.05 Å². The fourth-order valence-corrected chi connectivity index (χ4v) is 2.18. The molecule has 2 rings (SSSR count). The Kier molecular flexibility index (Phi) is 4.14. The Morgan fingerprint density at radius 3 is 2.10 bits per heavy atom. The first-order valence-electron chi connectivity index (χ1n) is 6.08. The smallest absolute Gasteiger partial charge is 0.162 e. The van der Waals surface area contributed by atoms with Gasteiger partial charge in [0.05, 0.1) is 33.1 Å². The van der Waals surface area contributed by atoms with Crippen LogP contribution in [0.1, 0.15) is 17.4 Å². The molecule has 1 atom stereocenters. The van der Waals surface area contributed by atoms with Crippen LogP contribution in [0.3, 0.4) is 0 Å². The molecule has 1 unspecified atom stereocenters. The summed E-state index contributed by atoms with van der Waals surface area (Å²) in [6.07, 6.45) is 0.587. The lowest BCUT2D eigenvalue weighted by atomic mass is 10.0. The van der Waals surface area contributed by atoms with E-state index in [1.54, 1.807) is 50.3 Å². The van der Waals surface area contributed by atoms with E-state index in [-0.39, 0.29) is 0 Å². The van der Waals surface area contributed by atoms with E-state index in [1.807, 2.05) is 0 Å². The van der Waals surface area contributed by atoms with Crippen molar-refractivity contribution in [1.82, 2.24) is 9.78 Å². The van der Waals surface area contributed by atoms with Crippen LogP contribution < -0.4 is 14.2 Å². The SMILES string of the molecule is COc1cccc(OC)c1C(O)c1c(OC)cnn1C. The third kappa shape index (κ3) is 2.30. The average molecular weight is 278 g/mol. The summed E-state index contributed by atoms with van der Waals surface area (Å²) in [5.41, 5.74) is 1.08. The van der Waals surface area contributed by atoms with Crippen LogP contribution >= 0.6 is 0 Å². The van der Waals surface area contributed by atoms with Crippen molar-refractivity contribution in [2.75, 3.05) is 21.3 Å². The number of hydrogen-bond acceptors (Lipinski definition) is 5. The molecule has 1 aromatic heterocycles. The molecule has 1 heterocycles. The van der Waals surface area contributed by atoms with Gasteiger partial charge >= 0.3 is 0 Å². The largest absolute Gasteiger partial charge is 0.496 e. The number of ether oxygens (including phenoxy) is 3. The van der Waals surface area contributed by atoms with E-state index in [2.05, 4.69) is 5.10 Å². The first kappa shape index (κ1) is 14.2. The summed E-state index contributed by atoms with van der Waals surface area (Å²) in [6.45, 7) is 0. The highest BCUT2D eigenvalue weighted by Gasteiger charge is 2.26. The van der Waals surface area contributed by atoms with Gasteiger partial charge in [-0.2, -0.15) is 5.10 Å². The van der Waals surface area contributed by atoms with Crippen molar-refractivity contribution in [2.45, 2.75) is 6.10 Å². The van der Waals surface area contributed by atoms with Gasteiger partial charge in [-0.3, -0.25) is 4.68 Å². The maximum Gasteiger partial charge on any atom is 0.162 e. The third-order valence-electron chi connectivity index (χ3n) is 3.17. The van der Waals surface area contributed by atoms with Crippen LogP contribution in [-0.4, -0.2) is 36.2 Å². The van der Waals surface area contributed by atoms with E-state index >= 15 is 0 Å². The van der Waals surface area contributed by atoms with Gasteiger partial charge in [-0.05, 0) is 12.1 Å². The first-order chi connectivity index (χ1) is 9.63. The molecule has 0 aliphatic rings. The number of aryl methyl sites for hydroxylation is 1. The minimum Gasteiger partial charge on any atom is -0.496 e. The molecule has 6 nitrogen and oxygen atoms in total. The zero-order valence-electron chi connectivity index (χ0n) is 12.0. The molecule has 0 radical (unpaired) electrons. The number of hydrogen-bond donors (Lipinski definition) is 1. The molecule has 20 heavy (non-hydrogen) atoms. The van der Waals surface area contributed by atoms with Gasteiger partial charge in [0.15, 0.2) is 5.75 Å². The zero-order valence-corrected chi connectivity index (χ0v) is 12.0. The van der Waals surface area contributed by atoms with Crippen LogP contribution in [0.15, 0.2) is 24.4 Å². The Morgan fingerprint density at radius 2 is 1.60 bits per heavy atom. The molecule has 0 saturated carbocycles. The van der Waals surface area contributed by atoms with E-state index < -0.39 is 6.10 Å². The molecular formula is C14H18N2O4. The molecular weight excluding hydrogens is 260 g/mol. The number of benzene rings is 1. The standard InChI is InChI=1S/C14H18N2O4/c1-16-13(11(20-4)8-15-16)14(17)12-9(18-2)6-5-7-10(12)19-3/h5-8,14,17H,1-4H3. The van der Waals surface area contributed by atoms with Gasteiger partial charge in [0.2, 0.25) is 0 Å². The second-order valence-corrected chi connectivity index (χ2v) is 4.20. The minimum atomic E-state index is -0.969. The number of nitrogens with zero attached hydrogens (tertiary/aromatic N) is 2. The van der Waals surface area contributed by atoms with Gasteiger partial charge < -0.3 is 19.3 Å². The maximum atomic E-state index is 10.7. The number of aliphatic hydroxyl groups is 1. The lowest BCUT2D eigenvalue weighted by Crippen LogP contribution is -2.10. The topological polar surface area (TPSA) is 65.7 Å². The number of aliphatic hydroxyl groups excluding tert-OH is 1. The molecule has 0 amide bonds. The Bertz CT molecular complexity index is 573. The monoisotopic (exact) mass is 278 g/mol. The summed E-state index contributed by atoms with van der Waals surface area (Å²) < 4.78 is 17.4. The molecule has 108 valence electrons. The lowest BCUT2D eigenvalue weighted by Gasteiger charge is -2.19. The summed E-state index contributed by atoms with van der Waals surface area (Å²) >= 11 is 0. The van der Waals surface area contributed by atoms with Crippen molar-refractivity contribution in [3.8, 4) is 17.2 Å². The van der Waals surface area contributed by atoms with Crippen molar-refractivity contribution >= 4 is 0 Å². The molecule has 0 saturated heterocycles. The molecule has 6 heteroatoms. The summed E-state index contributed by atoms with van der Waals surface area (Å²) in [5.74, 6) is 1.59. The van der Waals surface area contributed by atoms with E-state index in [0.29, 0.717) is 28.5 Å². The number of rotatable bonds is 5. The predicted molar refractivity (Wildman–Crippen MR) is 73.4 cm³/mol. The highest BCUT2D eigenvalue weighted by molar-refractivity contribution is 5.50. The second kappa shape index (κ2) is 5.83. The summed E-state index contributed by atoms with van der Waals surface area (Å²) in [6, 6.07) is 5.34. The van der Waals surface area contributed by atoms with Crippen LogP contribution in [0.25, 0.3) is 0 Å². The van der Waals surface area contributed by atoms with Gasteiger partial charge in [-0.1, -0.05) is 6.07 Å². The van der Waals surface area contributed by atoms with E-state index in [1.165, 1.54) is 7.11 Å². The van der Waals surface area contributed by atoms with E-state index in [0.717, 1.165) is 0 Å². The first-order valence-corrected chi connectivity index (χ1v) is 6.08. The van der Waals surface area contributed by atoms with Gasteiger partial charge in [0.25, 0.3) is 0 Å². The quantitative estimate of drug-likeness (QED) is 0.898. The minimum absolute atomic E-state index is 0.507. The van der Waals surface area contributed by atoms with Crippen molar-refractivity contribution in [1.29, 1.82) is 0 Å². The van der Waals surface area contributed by atoms with Crippen molar-refractivity contribution < 1.29 is 19.3 Å². The summed E-state index contributed by atoms with van der Waals surface area (Å²) in [5, 5.41) is 14.8. The fourth-order valence-electron chi connectivity index (χ4n) is 2.18. The third-order valence-corrected chi connectivity index (χ3v) is 3.17. The van der Waals surface area contributed by atoms with E-state index in [4.69, 9.17) is 14.2 Å². The molecule has 2 aromatic rings. The van der Waals surface area contributed by atoms with Crippen LogP contribution in [0.5, 0.6) is 17.2 Å². The molecule has 0 fully saturated rings. The highest BCUT2D eigenvalue weighted by atomic mass is 16.5.